The minimum atomic E-state index is -0.625. The third kappa shape index (κ3) is 5.46. The average molecular weight is 598 g/mol. The zero-order chi connectivity index (χ0) is 27.4. The zero-order valence-corrected chi connectivity index (χ0v) is 22.5. The fourth-order valence-corrected chi connectivity index (χ4v) is 4.69. The van der Waals surface area contributed by atoms with Crippen LogP contribution in [0.15, 0.2) is 101 Å². The number of carbonyl (C=O) groups excluding carboxylic acids is 2. The van der Waals surface area contributed by atoms with Crippen LogP contribution in [0.1, 0.15) is 32.0 Å². The maximum Gasteiger partial charge on any atom is 0.345 e. The molecule has 1 heterocycles. The Balaban J connectivity index is 1.44. The van der Waals surface area contributed by atoms with E-state index in [9.17, 15) is 14.9 Å². The number of hydrazone groups is 1. The highest BCUT2D eigenvalue weighted by Gasteiger charge is 2.21. The van der Waals surface area contributed by atoms with Gasteiger partial charge < -0.3 is 9.72 Å². The normalized spacial score (nSPS) is 10.9. The molecule has 1 amide bonds. The van der Waals surface area contributed by atoms with Crippen LogP contribution in [0.25, 0.3) is 22.0 Å². The second-order valence-electron chi connectivity index (χ2n) is 8.33. The van der Waals surface area contributed by atoms with Crippen LogP contribution in [-0.2, 0) is 0 Å². The number of amides is 1. The molecule has 0 saturated carbocycles. The predicted molar refractivity (Wildman–Crippen MR) is 154 cm³/mol. The first-order chi connectivity index (χ1) is 19.0. The van der Waals surface area contributed by atoms with Crippen molar-refractivity contribution in [2.45, 2.75) is 0 Å². The molecular formula is C30H18BrClN4O3. The molecule has 39 heavy (non-hydrogen) atoms. The molecule has 0 unspecified atom stereocenters. The summed E-state index contributed by atoms with van der Waals surface area (Å²) < 4.78 is 6.29. The number of ether oxygens (including phenoxy) is 1. The number of fused-ring (bicyclic) bond motifs is 1. The zero-order valence-electron chi connectivity index (χ0n) is 20.1. The Kier molecular flexibility index (Phi) is 7.55. The van der Waals surface area contributed by atoms with E-state index in [-0.39, 0.29) is 22.0 Å². The summed E-state index contributed by atoms with van der Waals surface area (Å²) in [6.45, 7) is 0. The van der Waals surface area contributed by atoms with Gasteiger partial charge in [0.15, 0.2) is 0 Å². The van der Waals surface area contributed by atoms with Gasteiger partial charge in [0.25, 0.3) is 5.91 Å². The van der Waals surface area contributed by atoms with Crippen molar-refractivity contribution in [2.24, 2.45) is 5.10 Å². The van der Waals surface area contributed by atoms with Gasteiger partial charge in [0.2, 0.25) is 0 Å². The first-order valence-corrected chi connectivity index (χ1v) is 12.8. The van der Waals surface area contributed by atoms with E-state index in [2.05, 4.69) is 37.5 Å². The van der Waals surface area contributed by atoms with E-state index in [1.807, 2.05) is 36.4 Å². The Morgan fingerprint density at radius 3 is 2.54 bits per heavy atom. The van der Waals surface area contributed by atoms with Crippen molar-refractivity contribution in [3.05, 3.63) is 123 Å². The third-order valence-electron chi connectivity index (χ3n) is 5.88. The molecule has 0 spiro atoms. The van der Waals surface area contributed by atoms with Gasteiger partial charge in [-0.15, -0.1) is 0 Å². The maximum absolute atomic E-state index is 13.3. The van der Waals surface area contributed by atoms with Crippen molar-refractivity contribution in [3.63, 3.8) is 0 Å². The Morgan fingerprint density at radius 2 is 1.77 bits per heavy atom. The van der Waals surface area contributed by atoms with Gasteiger partial charge in [-0.1, -0.05) is 82.1 Å². The molecule has 9 heteroatoms. The molecule has 4 aromatic carbocycles. The third-order valence-corrected chi connectivity index (χ3v) is 6.70. The summed E-state index contributed by atoms with van der Waals surface area (Å²) in [6.07, 6.45) is 1.38. The number of para-hydroxylation sites is 1. The van der Waals surface area contributed by atoms with Crippen molar-refractivity contribution >= 4 is 56.5 Å². The molecule has 1 aromatic heterocycles. The first kappa shape index (κ1) is 25.9. The number of esters is 1. The summed E-state index contributed by atoms with van der Waals surface area (Å²) in [5.74, 6) is -0.898. The van der Waals surface area contributed by atoms with Crippen molar-refractivity contribution in [2.75, 3.05) is 0 Å². The monoisotopic (exact) mass is 596 g/mol. The number of nitriles is 1. The molecule has 2 N–H and O–H groups in total. The highest BCUT2D eigenvalue weighted by Crippen LogP contribution is 2.34. The van der Waals surface area contributed by atoms with Crippen LogP contribution in [0.4, 0.5) is 0 Å². The Morgan fingerprint density at radius 1 is 1.00 bits per heavy atom. The summed E-state index contributed by atoms with van der Waals surface area (Å²) in [5.41, 5.74) is 5.92. The molecule has 0 fully saturated rings. The molecule has 0 aliphatic rings. The number of benzene rings is 4. The lowest BCUT2D eigenvalue weighted by Crippen LogP contribution is -2.19. The quantitative estimate of drug-likeness (QED) is 0.0942. The second kappa shape index (κ2) is 11.4. The van der Waals surface area contributed by atoms with Gasteiger partial charge in [-0.05, 0) is 42.0 Å². The van der Waals surface area contributed by atoms with Crippen LogP contribution in [-0.4, -0.2) is 23.1 Å². The number of carbonyl (C=O) groups is 2. The summed E-state index contributed by atoms with van der Waals surface area (Å²) >= 11 is 9.53. The largest absolute Gasteiger partial charge is 0.422 e. The topological polar surface area (TPSA) is 107 Å². The van der Waals surface area contributed by atoms with E-state index in [1.54, 1.807) is 54.6 Å². The summed E-state index contributed by atoms with van der Waals surface area (Å²) in [5, 5.41) is 14.7. The number of nitrogens with one attached hydrogen (secondary N) is 2. The smallest absolute Gasteiger partial charge is 0.345 e. The lowest BCUT2D eigenvalue weighted by molar-refractivity contribution is 0.0734. The highest BCUT2D eigenvalue weighted by molar-refractivity contribution is 9.10. The molecule has 0 radical (unpaired) electrons. The minimum absolute atomic E-state index is 0.224. The second-order valence-corrected chi connectivity index (χ2v) is 9.65. The first-order valence-electron chi connectivity index (χ1n) is 11.7. The molecule has 7 nitrogen and oxygen atoms in total. The summed E-state index contributed by atoms with van der Waals surface area (Å²) in [6, 6.07) is 28.5. The number of rotatable bonds is 6. The Labute approximate surface area is 236 Å². The van der Waals surface area contributed by atoms with Crippen LogP contribution in [0, 0.1) is 11.3 Å². The van der Waals surface area contributed by atoms with Gasteiger partial charge in [-0.2, -0.15) is 10.4 Å². The molecular weight excluding hydrogens is 580 g/mol. The number of H-pyrrole nitrogens is 1. The van der Waals surface area contributed by atoms with Crippen molar-refractivity contribution in [3.8, 4) is 22.9 Å². The van der Waals surface area contributed by atoms with E-state index >= 15 is 0 Å². The van der Waals surface area contributed by atoms with Gasteiger partial charge >= 0.3 is 5.97 Å². The molecule has 0 atom stereocenters. The van der Waals surface area contributed by atoms with Crippen LogP contribution in [0.5, 0.6) is 5.75 Å². The molecule has 190 valence electrons. The SMILES string of the molecule is N#Cc1cccc2c(-c3ccccc3)c(C(=O)NN=Cc3cc(Br)ccc3OC(=O)c3ccccc3Cl)[nH]c12. The number of aromatic amines is 1. The predicted octanol–water partition coefficient (Wildman–Crippen LogP) is 7.11. The summed E-state index contributed by atoms with van der Waals surface area (Å²) in [4.78, 5) is 29.1. The van der Waals surface area contributed by atoms with Gasteiger partial charge in [0.1, 0.15) is 17.5 Å². The van der Waals surface area contributed by atoms with Gasteiger partial charge in [0, 0.05) is 21.0 Å². The van der Waals surface area contributed by atoms with E-state index in [4.69, 9.17) is 16.3 Å². The molecule has 5 rings (SSSR count). The molecule has 0 saturated heterocycles. The number of aromatic nitrogens is 1. The van der Waals surface area contributed by atoms with Gasteiger partial charge in [-0.25, -0.2) is 10.2 Å². The lowest BCUT2D eigenvalue weighted by atomic mass is 10.0. The van der Waals surface area contributed by atoms with Crippen LogP contribution >= 0.6 is 27.5 Å². The summed E-state index contributed by atoms with van der Waals surface area (Å²) in [7, 11) is 0. The van der Waals surface area contributed by atoms with Crippen LogP contribution in [0.3, 0.4) is 0 Å². The fourth-order valence-electron chi connectivity index (χ4n) is 4.10. The Bertz CT molecular complexity index is 1790. The number of hydrogen-bond donors (Lipinski definition) is 2. The van der Waals surface area contributed by atoms with E-state index in [0.717, 1.165) is 15.4 Å². The van der Waals surface area contributed by atoms with E-state index < -0.39 is 11.9 Å². The lowest BCUT2D eigenvalue weighted by Gasteiger charge is -2.09. The van der Waals surface area contributed by atoms with E-state index in [1.165, 1.54) is 6.21 Å². The average Bonchev–Trinajstić information content (AvgIpc) is 3.35. The van der Waals surface area contributed by atoms with Crippen molar-refractivity contribution in [1.29, 1.82) is 5.26 Å². The number of hydrogen-bond acceptors (Lipinski definition) is 5. The van der Waals surface area contributed by atoms with E-state index in [0.29, 0.717) is 22.2 Å². The van der Waals surface area contributed by atoms with Gasteiger partial charge in [-0.3, -0.25) is 4.79 Å². The minimum Gasteiger partial charge on any atom is -0.422 e. The standard InChI is InChI=1S/C30H18BrClN4O3/c31-21-13-14-25(39-30(38)22-10-4-5-12-24(22)32)20(15-21)17-34-36-29(37)28-26(18-7-2-1-3-8-18)23-11-6-9-19(16-33)27(23)35-28/h1-15,17,35H,(H,36,37). The number of nitrogens with zero attached hydrogens (tertiary/aromatic N) is 2. The molecule has 0 bridgehead atoms. The van der Waals surface area contributed by atoms with Gasteiger partial charge in [0.05, 0.1) is 27.9 Å². The van der Waals surface area contributed by atoms with Crippen molar-refractivity contribution < 1.29 is 14.3 Å². The van der Waals surface area contributed by atoms with Crippen LogP contribution < -0.4 is 10.2 Å². The molecule has 5 aromatic rings. The maximum atomic E-state index is 13.3. The number of halogens is 2. The molecule has 0 aliphatic carbocycles. The Hall–Kier alpha value is -4.71. The molecule has 0 aliphatic heterocycles. The fraction of sp³-hybridized carbons (Fsp3) is 0. The van der Waals surface area contributed by atoms with Crippen molar-refractivity contribution in [1.82, 2.24) is 10.4 Å². The van der Waals surface area contributed by atoms with Crippen LogP contribution in [0.2, 0.25) is 5.02 Å². The highest BCUT2D eigenvalue weighted by atomic mass is 79.9.